The first-order valence-electron chi connectivity index (χ1n) is 7.33. The van der Waals surface area contributed by atoms with Gasteiger partial charge >= 0.3 is 127 Å². The number of ether oxygens (including phenoxy) is 1. The van der Waals surface area contributed by atoms with Crippen LogP contribution in [0.4, 0.5) is 0 Å². The van der Waals surface area contributed by atoms with Crippen molar-refractivity contribution in [2.45, 2.75) is 49.7 Å². The van der Waals surface area contributed by atoms with E-state index in [0.29, 0.717) is 1.48 Å². The summed E-state index contributed by atoms with van der Waals surface area (Å²) in [6.07, 6.45) is 9.68. The van der Waals surface area contributed by atoms with Gasteiger partial charge in [-0.3, -0.25) is 0 Å². The maximum atomic E-state index is 10.3. The minimum absolute atomic E-state index is 0. The Hall–Kier alpha value is 2.63. The maximum absolute atomic E-state index is 10.3. The third-order valence-electron chi connectivity index (χ3n) is 3.62. The average molecular weight is 961 g/mol. The third-order valence-corrected chi connectivity index (χ3v) is 13.1. The largest absolute Gasteiger partial charge is 2.00 e. The Balaban J connectivity index is 0. The van der Waals surface area contributed by atoms with Crippen molar-refractivity contribution in [3.05, 3.63) is 25.5 Å². The number of hydrogen-bond acceptors (Lipinski definition) is 3. The van der Waals surface area contributed by atoms with Gasteiger partial charge in [0.25, 0.3) is 0 Å². The van der Waals surface area contributed by atoms with Gasteiger partial charge in [-0.25, -0.2) is 5.92 Å². The normalized spacial score (nSPS) is 21.0. The van der Waals surface area contributed by atoms with E-state index >= 15 is 0 Å². The van der Waals surface area contributed by atoms with Crippen LogP contribution >= 0.6 is 22.6 Å². The van der Waals surface area contributed by atoms with Gasteiger partial charge in [-0.05, 0) is 6.92 Å². The van der Waals surface area contributed by atoms with E-state index in [4.69, 9.17) is 10.5 Å². The molecule has 1 saturated carbocycles. The number of halogens is 2. The Labute approximate surface area is 205 Å². The van der Waals surface area contributed by atoms with Crippen molar-refractivity contribution in [1.82, 2.24) is 0 Å². The molecule has 3 nitrogen and oxygen atoms in total. The number of rotatable bonds is 8. The van der Waals surface area contributed by atoms with E-state index in [1.165, 1.54) is 31.6 Å². The second-order valence-electron chi connectivity index (χ2n) is 5.19. The first-order chi connectivity index (χ1) is 10.3. The summed E-state index contributed by atoms with van der Waals surface area (Å²) >= 11 is 2.82. The fourth-order valence-electron chi connectivity index (χ4n) is 2.27. The van der Waals surface area contributed by atoms with Gasteiger partial charge in [-0.1, -0.05) is 18.9 Å². The molecule has 0 aromatic carbocycles. The van der Waals surface area contributed by atoms with E-state index in [-0.39, 0.29) is 57.9 Å². The predicted molar refractivity (Wildman–Crippen MR) is 98.3 cm³/mol. The van der Waals surface area contributed by atoms with Gasteiger partial charge in [-0.2, -0.15) is 12.8 Å². The molecule has 0 aromatic rings. The van der Waals surface area contributed by atoms with Gasteiger partial charge in [0, 0.05) is 13.0 Å². The predicted octanol–water partition coefficient (Wildman–Crippen LogP) is -0.280. The van der Waals surface area contributed by atoms with Gasteiger partial charge in [0.1, 0.15) is 0 Å². The van der Waals surface area contributed by atoms with E-state index in [0.717, 1.165) is 38.8 Å². The molecule has 3 atom stereocenters. The van der Waals surface area contributed by atoms with E-state index in [1.54, 1.807) is 0 Å². The molecule has 0 amide bonds. The molecule has 0 radical (unpaired) electrons. The summed E-state index contributed by atoms with van der Waals surface area (Å²) in [6, 6.07) is 0. The van der Waals surface area contributed by atoms with Crippen LogP contribution in [-0.4, -0.2) is 54.2 Å². The maximum Gasteiger partial charge on any atom is 2.00 e. The second kappa shape index (κ2) is 14.7. The topological polar surface area (TPSA) is 52.3 Å². The van der Waals surface area contributed by atoms with Crippen molar-refractivity contribution < 1.29 is 61.8 Å². The molecular formula is C16H26I2NO2TlU. The summed E-state index contributed by atoms with van der Waals surface area (Å²) in [5, 5.41) is 0. The Morgan fingerprint density at radius 2 is 2.13 bits per heavy atom. The Morgan fingerprint density at radius 1 is 1.61 bits per heavy atom. The van der Waals surface area contributed by atoms with Crippen LogP contribution in [0, 0.1) is 44.0 Å². The van der Waals surface area contributed by atoms with Crippen LogP contribution in [0.2, 0.25) is 0 Å². The quantitative estimate of drug-likeness (QED) is 0.0912. The zero-order chi connectivity index (χ0) is 17.2. The number of carbonyl (C=O) groups excluding carboxylic acids is 1. The Bertz CT molecular complexity index is 344. The molecule has 1 aliphatic carbocycles. The van der Waals surface area contributed by atoms with Crippen molar-refractivity contribution in [3.63, 3.8) is 0 Å². The summed E-state index contributed by atoms with van der Waals surface area (Å²) in [5.41, 5.74) is 5.43. The van der Waals surface area contributed by atoms with Gasteiger partial charge in [-0.15, -0.1) is 6.58 Å². The minimum Gasteiger partial charge on any atom is 2.00 e. The Morgan fingerprint density at radius 3 is 2.39 bits per heavy atom. The molecule has 0 spiro atoms. The number of nitrogens with two attached hydrogens (primary N) is 1. The molecule has 128 valence electrons. The second-order valence-corrected chi connectivity index (χ2v) is 17.3. The molecule has 1 fully saturated rings. The minimum atomic E-state index is -0.551. The van der Waals surface area contributed by atoms with Crippen molar-refractivity contribution in [2.24, 2.45) is 5.73 Å². The molecule has 1 rings (SSSR count). The molecule has 3 unspecified atom stereocenters. The molecule has 0 saturated heterocycles. The monoisotopic (exact) mass is 961 g/mol. The van der Waals surface area contributed by atoms with Crippen LogP contribution in [0.25, 0.3) is 0 Å². The van der Waals surface area contributed by atoms with Crippen molar-refractivity contribution >= 4 is 54.6 Å². The van der Waals surface area contributed by atoms with Gasteiger partial charge in [0.05, 0.1) is 12.5 Å². The first-order valence-corrected chi connectivity index (χ1v) is 14.4. The molecule has 0 aromatic heterocycles. The zero-order valence-electron chi connectivity index (χ0n) is 14.0. The number of alkyl halides is 3. The fraction of sp³-hybridized carbons (Fsp3) is 0.688. The molecule has 0 heterocycles. The van der Waals surface area contributed by atoms with E-state index in [2.05, 4.69) is 36.1 Å². The van der Waals surface area contributed by atoms with Crippen LogP contribution in [0.3, 0.4) is 0 Å². The molecule has 23 heavy (non-hydrogen) atoms. The Kier molecular flexibility index (Phi) is 17.8. The van der Waals surface area contributed by atoms with Crippen LogP contribution in [0.1, 0.15) is 39.0 Å². The van der Waals surface area contributed by atoms with E-state index in [1.807, 2.05) is 24.2 Å². The third kappa shape index (κ3) is 9.94. The summed E-state index contributed by atoms with van der Waals surface area (Å²) in [4.78, 5) is 12.3. The smallest absolute Gasteiger partial charge is 2.00 e. The van der Waals surface area contributed by atoms with Gasteiger partial charge in [0.2, 0.25) is 0 Å². The SMILES string of the molecule is C=CCC([CH2+])(OCC)[C-]1CCCC1.C[I-]C(N)([C-]=O)[CH](I)[Tl].[U+2]. The number of hydrogen-bond donors (Lipinski definition) is 1. The summed E-state index contributed by atoms with van der Waals surface area (Å²) in [5.74, 6) is 1.48. The molecule has 2 N–H and O–H groups in total. The molecule has 7 heteroatoms. The summed E-state index contributed by atoms with van der Waals surface area (Å²) in [7, 11) is 0. The van der Waals surface area contributed by atoms with Crippen molar-refractivity contribution in [3.8, 4) is 0 Å². The standard InChI is InChI=1S/C12H20O.C4H6I2NO.Tl.U/c1-4-10-12(3,13-5-2)11-8-6-7-9-11;1-6-4(7,2-5)3-8;;/h4H,1,3,5-10H2,2H3;2H,7H2,1H3;;/q;-2;;+2. The molecule has 0 bridgehead atoms. The zero-order valence-corrected chi connectivity index (χ0v) is 27.0. The molecular weight excluding hydrogens is 934 g/mol. The summed E-state index contributed by atoms with van der Waals surface area (Å²) in [6.45, 7) is 10.7. The average Bonchev–Trinajstić information content (AvgIpc) is 3.02. The van der Waals surface area contributed by atoms with Gasteiger partial charge < -0.3 is 4.74 Å². The van der Waals surface area contributed by atoms with Crippen LogP contribution in [0.15, 0.2) is 12.7 Å². The van der Waals surface area contributed by atoms with Crippen molar-refractivity contribution in [2.75, 3.05) is 11.5 Å². The first kappa shape index (κ1) is 27.8. The fourth-order valence-corrected chi connectivity index (χ4v) is 8.34. The van der Waals surface area contributed by atoms with Gasteiger partial charge in [0.15, 0.2) is 0 Å². The molecule has 0 aliphatic heterocycles. The van der Waals surface area contributed by atoms with E-state index < -0.39 is 3.55 Å². The molecule has 1 aliphatic rings. The van der Waals surface area contributed by atoms with Crippen LogP contribution < -0.4 is 26.9 Å². The van der Waals surface area contributed by atoms with E-state index in [9.17, 15) is 4.79 Å². The van der Waals surface area contributed by atoms with Crippen LogP contribution in [0.5, 0.6) is 0 Å². The van der Waals surface area contributed by atoms with Crippen LogP contribution in [-0.2, 0) is 9.53 Å². The summed E-state index contributed by atoms with van der Waals surface area (Å²) < 4.78 is 5.55. The van der Waals surface area contributed by atoms with Crippen molar-refractivity contribution in [1.29, 1.82) is 0 Å².